The summed E-state index contributed by atoms with van der Waals surface area (Å²) in [5.74, 6) is 0.0618. The largest absolute Gasteiger partial charge is 0.460 e. The van der Waals surface area contributed by atoms with Gasteiger partial charge in [-0.1, -0.05) is 35.3 Å². The average molecular weight is 482 g/mol. The second kappa shape index (κ2) is 9.17. The van der Waals surface area contributed by atoms with Gasteiger partial charge in [0.1, 0.15) is 11.4 Å². The molecule has 1 aliphatic heterocycles. The molecule has 2 aromatic rings. The molecule has 1 heterocycles. The number of nitrogens with one attached hydrogen (secondary N) is 1. The second-order valence-corrected chi connectivity index (χ2v) is 9.27. The molecular formula is C23H25Cl2NO6. The van der Waals surface area contributed by atoms with Gasteiger partial charge in [0.2, 0.25) is 6.29 Å². The number of carbonyl (C=O) groups excluding carboxylic acids is 1. The minimum absolute atomic E-state index is 0.0888. The highest BCUT2D eigenvalue weighted by molar-refractivity contribution is 6.34. The molecule has 0 aromatic heterocycles. The molecule has 9 heteroatoms. The first-order chi connectivity index (χ1) is 15.2. The summed E-state index contributed by atoms with van der Waals surface area (Å²) in [6.45, 7) is 1.09. The van der Waals surface area contributed by atoms with Crippen molar-refractivity contribution in [2.45, 2.75) is 56.3 Å². The van der Waals surface area contributed by atoms with Crippen LogP contribution >= 0.6 is 23.2 Å². The molecule has 4 atom stereocenters. The zero-order chi connectivity index (χ0) is 23.0. The third-order valence-electron chi connectivity index (χ3n) is 5.78. The van der Waals surface area contributed by atoms with Gasteiger partial charge < -0.3 is 30.1 Å². The van der Waals surface area contributed by atoms with Crippen LogP contribution in [0, 0.1) is 0 Å². The van der Waals surface area contributed by atoms with E-state index in [9.17, 15) is 20.1 Å². The summed E-state index contributed by atoms with van der Waals surface area (Å²) in [6.07, 6.45) is -0.929. The zero-order valence-electron chi connectivity index (χ0n) is 17.4. The lowest BCUT2D eigenvalue weighted by Crippen LogP contribution is -2.60. The van der Waals surface area contributed by atoms with E-state index in [0.717, 1.165) is 24.0 Å². The fourth-order valence-electron chi connectivity index (χ4n) is 3.54. The molecule has 4 rings (SSSR count). The number of hydrogen-bond acceptors (Lipinski definition) is 6. The van der Waals surface area contributed by atoms with Crippen LogP contribution < -0.4 is 10.1 Å². The highest BCUT2D eigenvalue weighted by atomic mass is 35.5. The van der Waals surface area contributed by atoms with Crippen LogP contribution in [-0.4, -0.2) is 58.0 Å². The van der Waals surface area contributed by atoms with E-state index >= 15 is 0 Å². The number of aliphatic hydroxyl groups excluding tert-OH is 2. The highest BCUT2D eigenvalue weighted by Crippen LogP contribution is 2.36. The number of benzene rings is 2. The molecule has 1 amide bonds. The van der Waals surface area contributed by atoms with E-state index in [-0.39, 0.29) is 35.7 Å². The molecule has 4 N–H and O–H groups in total. The SMILES string of the molecule is C[C@@]1(O)[C@@H](Oc2ccc(-c3ccc(C(=O)NC4CC4)c(Cl)c3)cc2Cl)O[C@H](CO)C[C@@H]1O. The van der Waals surface area contributed by atoms with Crippen LogP contribution in [-0.2, 0) is 4.74 Å². The number of aliphatic hydroxyl groups is 3. The zero-order valence-corrected chi connectivity index (χ0v) is 18.9. The Hall–Kier alpha value is -1.87. The van der Waals surface area contributed by atoms with Crippen LogP contribution in [0.4, 0.5) is 0 Å². The molecule has 2 aliphatic rings. The monoisotopic (exact) mass is 481 g/mol. The van der Waals surface area contributed by atoms with Crippen molar-refractivity contribution in [1.29, 1.82) is 0 Å². The van der Waals surface area contributed by atoms with E-state index in [0.29, 0.717) is 10.6 Å². The Labute approximate surface area is 195 Å². The minimum Gasteiger partial charge on any atom is -0.460 e. The number of carbonyl (C=O) groups is 1. The molecule has 1 aliphatic carbocycles. The second-order valence-electron chi connectivity index (χ2n) is 8.46. The summed E-state index contributed by atoms with van der Waals surface area (Å²) in [5.41, 5.74) is 0.256. The molecule has 2 fully saturated rings. The Bertz CT molecular complexity index is 1010. The molecule has 1 saturated carbocycles. The maximum Gasteiger partial charge on any atom is 0.253 e. The van der Waals surface area contributed by atoms with Crippen LogP contribution in [0.25, 0.3) is 11.1 Å². The number of halogens is 2. The van der Waals surface area contributed by atoms with Crippen molar-refractivity contribution >= 4 is 29.1 Å². The highest BCUT2D eigenvalue weighted by Gasteiger charge is 2.48. The Morgan fingerprint density at radius 1 is 1.19 bits per heavy atom. The molecule has 7 nitrogen and oxygen atoms in total. The van der Waals surface area contributed by atoms with Gasteiger partial charge in [0.25, 0.3) is 5.91 Å². The summed E-state index contributed by atoms with van der Waals surface area (Å²) in [7, 11) is 0. The van der Waals surface area contributed by atoms with Crippen molar-refractivity contribution in [3.63, 3.8) is 0 Å². The minimum atomic E-state index is -1.68. The number of ether oxygens (including phenoxy) is 2. The van der Waals surface area contributed by atoms with Crippen LogP contribution in [0.1, 0.15) is 36.5 Å². The summed E-state index contributed by atoms with van der Waals surface area (Å²) in [4.78, 5) is 12.3. The average Bonchev–Trinajstić information content (AvgIpc) is 3.56. The number of rotatable bonds is 6. The summed E-state index contributed by atoms with van der Waals surface area (Å²) >= 11 is 12.8. The Balaban J connectivity index is 1.52. The van der Waals surface area contributed by atoms with Gasteiger partial charge in [0.05, 0.1) is 34.4 Å². The number of hydrogen-bond donors (Lipinski definition) is 4. The van der Waals surface area contributed by atoms with Crippen LogP contribution in [0.5, 0.6) is 5.75 Å². The molecule has 32 heavy (non-hydrogen) atoms. The fourth-order valence-corrected chi connectivity index (χ4v) is 4.03. The van der Waals surface area contributed by atoms with E-state index < -0.39 is 24.1 Å². The molecule has 172 valence electrons. The van der Waals surface area contributed by atoms with Crippen LogP contribution in [0.2, 0.25) is 10.0 Å². The molecule has 0 spiro atoms. The maximum atomic E-state index is 12.3. The van der Waals surface area contributed by atoms with Crippen molar-refractivity contribution in [2.24, 2.45) is 0 Å². The van der Waals surface area contributed by atoms with Crippen LogP contribution in [0.15, 0.2) is 36.4 Å². The predicted molar refractivity (Wildman–Crippen MR) is 120 cm³/mol. The first-order valence-electron chi connectivity index (χ1n) is 10.4. The lowest BCUT2D eigenvalue weighted by Gasteiger charge is -2.43. The molecule has 0 bridgehead atoms. The van der Waals surface area contributed by atoms with E-state index in [1.807, 2.05) is 0 Å². The lowest BCUT2D eigenvalue weighted by atomic mass is 9.90. The van der Waals surface area contributed by atoms with Gasteiger partial charge in [-0.2, -0.15) is 0 Å². The first-order valence-corrected chi connectivity index (χ1v) is 11.2. The summed E-state index contributed by atoms with van der Waals surface area (Å²) in [5, 5.41) is 33.7. The fraction of sp³-hybridized carbons (Fsp3) is 0.435. The standard InChI is InChI=1S/C23H25Cl2NO6/c1-23(30)20(28)10-15(11-27)31-22(23)32-19-7-3-13(9-18(19)25)12-2-6-16(17(24)8-12)21(29)26-14-4-5-14/h2-3,6-9,14-15,20,22,27-28,30H,4-5,10-11H2,1H3,(H,26,29)/t15-,20-,22+,23-/m0/s1. The van der Waals surface area contributed by atoms with Gasteiger partial charge in [0, 0.05) is 12.5 Å². The number of amides is 1. The van der Waals surface area contributed by atoms with E-state index in [2.05, 4.69) is 5.32 Å². The normalized spacial score (nSPS) is 27.8. The quantitative estimate of drug-likeness (QED) is 0.504. The first kappa shape index (κ1) is 23.3. The third kappa shape index (κ3) is 4.88. The Morgan fingerprint density at radius 2 is 1.84 bits per heavy atom. The lowest BCUT2D eigenvalue weighted by molar-refractivity contribution is -0.283. The van der Waals surface area contributed by atoms with Gasteiger partial charge in [-0.15, -0.1) is 0 Å². The van der Waals surface area contributed by atoms with Gasteiger partial charge in [-0.05, 0) is 55.2 Å². The van der Waals surface area contributed by atoms with E-state index in [1.54, 1.807) is 36.4 Å². The van der Waals surface area contributed by atoms with Gasteiger partial charge in [-0.25, -0.2) is 0 Å². The van der Waals surface area contributed by atoms with Crippen LogP contribution in [0.3, 0.4) is 0 Å². The van der Waals surface area contributed by atoms with Crippen molar-refractivity contribution in [3.05, 3.63) is 52.0 Å². The Morgan fingerprint density at radius 3 is 2.44 bits per heavy atom. The van der Waals surface area contributed by atoms with Crippen molar-refractivity contribution in [1.82, 2.24) is 5.32 Å². The molecular weight excluding hydrogens is 457 g/mol. The summed E-state index contributed by atoms with van der Waals surface area (Å²) in [6, 6.07) is 10.5. The third-order valence-corrected chi connectivity index (χ3v) is 6.39. The van der Waals surface area contributed by atoms with E-state index in [4.69, 9.17) is 32.7 Å². The van der Waals surface area contributed by atoms with Crippen molar-refractivity contribution in [2.75, 3.05) is 6.61 Å². The smallest absolute Gasteiger partial charge is 0.253 e. The maximum absolute atomic E-state index is 12.3. The van der Waals surface area contributed by atoms with Crippen molar-refractivity contribution in [3.8, 4) is 16.9 Å². The van der Waals surface area contributed by atoms with Gasteiger partial charge >= 0.3 is 0 Å². The van der Waals surface area contributed by atoms with Gasteiger partial charge in [0.15, 0.2) is 0 Å². The molecule has 1 saturated heterocycles. The van der Waals surface area contributed by atoms with Gasteiger partial charge in [-0.3, -0.25) is 4.79 Å². The van der Waals surface area contributed by atoms with E-state index in [1.165, 1.54) is 6.92 Å². The molecule has 2 aromatic carbocycles. The summed E-state index contributed by atoms with van der Waals surface area (Å²) < 4.78 is 11.3. The predicted octanol–water partition coefficient (Wildman–Crippen LogP) is 3.15. The topological polar surface area (TPSA) is 108 Å². The molecule has 0 radical (unpaired) electrons. The Kier molecular flexibility index (Phi) is 6.68. The molecule has 0 unspecified atom stereocenters. The van der Waals surface area contributed by atoms with Crippen molar-refractivity contribution < 1.29 is 29.6 Å².